The number of amides is 2. The lowest BCUT2D eigenvalue weighted by atomic mass is 9.96. The lowest BCUT2D eigenvalue weighted by Gasteiger charge is -2.32. The van der Waals surface area contributed by atoms with Gasteiger partial charge in [0.15, 0.2) is 0 Å². The van der Waals surface area contributed by atoms with Crippen molar-refractivity contribution < 1.29 is 14.3 Å². The number of rotatable bonds is 5. The summed E-state index contributed by atoms with van der Waals surface area (Å²) in [5, 5.41) is 3.46. The fourth-order valence-electron chi connectivity index (χ4n) is 3.19. The molecule has 1 aliphatic heterocycles. The maximum Gasteiger partial charge on any atom is 0.257 e. The fourth-order valence-corrected chi connectivity index (χ4v) is 3.37. The predicted octanol–water partition coefficient (Wildman–Crippen LogP) is 3.03. The van der Waals surface area contributed by atoms with E-state index in [0.717, 1.165) is 12.8 Å². The van der Waals surface area contributed by atoms with E-state index >= 15 is 0 Å². The molecule has 0 saturated carbocycles. The Hall–Kier alpha value is -2.60. The van der Waals surface area contributed by atoms with Crippen LogP contribution in [0.25, 0.3) is 0 Å². The Bertz CT molecular complexity index is 805. The number of nitrogens with zero attached hydrogens (tertiary/aromatic N) is 2. The molecule has 2 heterocycles. The molecule has 0 radical (unpaired) electrons. The van der Waals surface area contributed by atoms with Gasteiger partial charge in [-0.1, -0.05) is 11.6 Å². The largest absolute Gasteiger partial charge is 0.496 e. The van der Waals surface area contributed by atoms with Gasteiger partial charge in [0.2, 0.25) is 0 Å². The molecule has 1 saturated heterocycles. The summed E-state index contributed by atoms with van der Waals surface area (Å²) in [4.78, 5) is 30.7. The Morgan fingerprint density at radius 3 is 2.74 bits per heavy atom. The minimum atomic E-state index is -0.120. The third kappa shape index (κ3) is 4.77. The van der Waals surface area contributed by atoms with E-state index in [4.69, 9.17) is 16.3 Å². The molecule has 27 heavy (non-hydrogen) atoms. The number of pyridine rings is 1. The average molecular weight is 388 g/mol. The van der Waals surface area contributed by atoms with E-state index in [9.17, 15) is 9.59 Å². The van der Waals surface area contributed by atoms with Crippen LogP contribution in [0.2, 0.25) is 5.02 Å². The Morgan fingerprint density at radius 1 is 1.30 bits per heavy atom. The van der Waals surface area contributed by atoms with E-state index in [-0.39, 0.29) is 11.8 Å². The maximum absolute atomic E-state index is 12.8. The molecule has 1 aliphatic rings. The number of nitrogens with one attached hydrogen (secondary N) is 1. The first-order valence-corrected chi connectivity index (χ1v) is 9.27. The summed E-state index contributed by atoms with van der Waals surface area (Å²) in [6.07, 6.45) is 4.86. The number of methoxy groups -OCH3 is 1. The molecular weight excluding hydrogens is 366 g/mol. The third-order valence-electron chi connectivity index (χ3n) is 4.77. The van der Waals surface area contributed by atoms with Crippen molar-refractivity contribution in [3.8, 4) is 5.75 Å². The molecule has 0 spiro atoms. The van der Waals surface area contributed by atoms with Crippen molar-refractivity contribution in [2.24, 2.45) is 5.92 Å². The van der Waals surface area contributed by atoms with Gasteiger partial charge in [0, 0.05) is 37.1 Å². The van der Waals surface area contributed by atoms with E-state index in [1.807, 2.05) is 4.90 Å². The monoisotopic (exact) mass is 387 g/mol. The summed E-state index contributed by atoms with van der Waals surface area (Å²) in [6, 6.07) is 8.53. The summed E-state index contributed by atoms with van der Waals surface area (Å²) in [6.45, 7) is 1.88. The van der Waals surface area contributed by atoms with Crippen LogP contribution in [0.4, 0.5) is 0 Å². The van der Waals surface area contributed by atoms with Crippen molar-refractivity contribution in [1.82, 2.24) is 15.2 Å². The van der Waals surface area contributed by atoms with Crippen LogP contribution in [0.1, 0.15) is 33.6 Å². The Morgan fingerprint density at radius 2 is 2.07 bits per heavy atom. The molecule has 0 bridgehead atoms. The molecule has 7 heteroatoms. The van der Waals surface area contributed by atoms with E-state index in [2.05, 4.69) is 10.3 Å². The molecule has 142 valence electrons. The molecule has 1 aromatic heterocycles. The number of carbonyl (C=O) groups excluding carboxylic acids is 2. The van der Waals surface area contributed by atoms with Crippen LogP contribution in [0.3, 0.4) is 0 Å². The molecule has 1 aromatic carbocycles. The number of benzene rings is 1. The summed E-state index contributed by atoms with van der Waals surface area (Å²) in [5.41, 5.74) is 1.03. The molecule has 0 aliphatic carbocycles. The number of carbonyl (C=O) groups is 2. The van der Waals surface area contributed by atoms with E-state index in [1.54, 1.807) is 42.7 Å². The fraction of sp³-hybridized carbons (Fsp3) is 0.350. The number of aromatic nitrogens is 1. The second-order valence-electron chi connectivity index (χ2n) is 6.53. The van der Waals surface area contributed by atoms with Crippen LogP contribution in [0.5, 0.6) is 5.75 Å². The van der Waals surface area contributed by atoms with Crippen molar-refractivity contribution in [3.05, 3.63) is 58.9 Å². The average Bonchev–Trinajstić information content (AvgIpc) is 2.72. The standard InChI is InChI=1S/C20H22ClN3O3/c1-27-18-5-4-16(21)11-17(18)20(26)24-9-6-14(7-10-24)12-23-19(25)15-3-2-8-22-13-15/h2-5,8,11,13-14H,6-7,9-10,12H2,1H3,(H,23,25). The van der Waals surface area contributed by atoms with Crippen molar-refractivity contribution in [2.75, 3.05) is 26.7 Å². The zero-order valence-corrected chi connectivity index (χ0v) is 15.9. The zero-order chi connectivity index (χ0) is 19.2. The number of piperidine rings is 1. The Kier molecular flexibility index (Phi) is 6.29. The zero-order valence-electron chi connectivity index (χ0n) is 15.2. The van der Waals surface area contributed by atoms with Crippen LogP contribution in [-0.4, -0.2) is 48.4 Å². The highest BCUT2D eigenvalue weighted by Gasteiger charge is 2.26. The molecule has 0 unspecified atom stereocenters. The molecule has 1 N–H and O–H groups in total. The summed E-state index contributed by atoms with van der Waals surface area (Å²) < 4.78 is 5.28. The quantitative estimate of drug-likeness (QED) is 0.856. The van der Waals surface area contributed by atoms with Gasteiger partial charge in [-0.05, 0) is 49.1 Å². The van der Waals surface area contributed by atoms with Crippen LogP contribution < -0.4 is 10.1 Å². The number of hydrogen-bond acceptors (Lipinski definition) is 4. The van der Waals surface area contributed by atoms with Gasteiger partial charge in [0.1, 0.15) is 5.75 Å². The number of ether oxygens (including phenoxy) is 1. The Labute approximate surface area is 163 Å². The van der Waals surface area contributed by atoms with Gasteiger partial charge in [-0.3, -0.25) is 14.6 Å². The second-order valence-corrected chi connectivity index (χ2v) is 6.97. The van der Waals surface area contributed by atoms with Crippen LogP contribution in [-0.2, 0) is 0 Å². The first-order chi connectivity index (χ1) is 13.1. The molecule has 1 fully saturated rings. The van der Waals surface area contributed by atoms with Gasteiger partial charge in [0.25, 0.3) is 11.8 Å². The Balaban J connectivity index is 1.52. The highest BCUT2D eigenvalue weighted by molar-refractivity contribution is 6.31. The lowest BCUT2D eigenvalue weighted by molar-refractivity contribution is 0.0681. The summed E-state index contributed by atoms with van der Waals surface area (Å²) in [7, 11) is 1.54. The van der Waals surface area contributed by atoms with Gasteiger partial charge >= 0.3 is 0 Å². The third-order valence-corrected chi connectivity index (χ3v) is 5.00. The minimum absolute atomic E-state index is 0.0767. The van der Waals surface area contributed by atoms with Crippen molar-refractivity contribution in [1.29, 1.82) is 0 Å². The summed E-state index contributed by atoms with van der Waals surface area (Å²) in [5.74, 6) is 0.670. The van der Waals surface area contributed by atoms with Crippen molar-refractivity contribution in [2.45, 2.75) is 12.8 Å². The molecular formula is C20H22ClN3O3. The smallest absolute Gasteiger partial charge is 0.257 e. The first kappa shape index (κ1) is 19.2. The highest BCUT2D eigenvalue weighted by atomic mass is 35.5. The SMILES string of the molecule is COc1ccc(Cl)cc1C(=O)N1CCC(CNC(=O)c2cccnc2)CC1. The number of hydrogen-bond donors (Lipinski definition) is 1. The second kappa shape index (κ2) is 8.86. The normalized spacial score (nSPS) is 14.7. The topological polar surface area (TPSA) is 71.5 Å². The van der Waals surface area contributed by atoms with E-state index < -0.39 is 0 Å². The van der Waals surface area contributed by atoms with Gasteiger partial charge in [-0.15, -0.1) is 0 Å². The molecule has 3 rings (SSSR count). The lowest BCUT2D eigenvalue weighted by Crippen LogP contribution is -2.41. The van der Waals surface area contributed by atoms with Gasteiger partial charge in [-0.25, -0.2) is 0 Å². The number of likely N-dealkylation sites (tertiary alicyclic amines) is 1. The van der Waals surface area contributed by atoms with Crippen molar-refractivity contribution in [3.63, 3.8) is 0 Å². The van der Waals surface area contributed by atoms with Gasteiger partial charge in [-0.2, -0.15) is 0 Å². The maximum atomic E-state index is 12.8. The van der Waals surface area contributed by atoms with Crippen LogP contribution >= 0.6 is 11.6 Å². The molecule has 2 aromatic rings. The first-order valence-electron chi connectivity index (χ1n) is 8.89. The summed E-state index contributed by atoms with van der Waals surface area (Å²) >= 11 is 6.03. The van der Waals surface area contributed by atoms with Gasteiger partial charge in [0.05, 0.1) is 18.2 Å². The predicted molar refractivity (Wildman–Crippen MR) is 103 cm³/mol. The molecule has 2 amide bonds. The van der Waals surface area contributed by atoms with Crippen LogP contribution in [0, 0.1) is 5.92 Å². The van der Waals surface area contributed by atoms with Crippen LogP contribution in [0.15, 0.2) is 42.7 Å². The van der Waals surface area contributed by atoms with Crippen molar-refractivity contribution >= 4 is 23.4 Å². The minimum Gasteiger partial charge on any atom is -0.496 e. The van der Waals surface area contributed by atoms with E-state index in [0.29, 0.717) is 47.5 Å². The van der Waals surface area contributed by atoms with E-state index in [1.165, 1.54) is 7.11 Å². The highest BCUT2D eigenvalue weighted by Crippen LogP contribution is 2.26. The van der Waals surface area contributed by atoms with Gasteiger partial charge < -0.3 is 15.0 Å². The number of halogens is 1. The molecule has 0 atom stereocenters. The molecule has 6 nitrogen and oxygen atoms in total.